The van der Waals surface area contributed by atoms with Gasteiger partial charge in [-0.3, -0.25) is 9.69 Å². The third kappa shape index (κ3) is 5.24. The molecule has 0 aliphatic rings. The summed E-state index contributed by atoms with van der Waals surface area (Å²) >= 11 is 0. The Morgan fingerprint density at radius 2 is 2.05 bits per heavy atom. The van der Waals surface area contributed by atoms with Crippen molar-refractivity contribution in [3.8, 4) is 0 Å². The first kappa shape index (κ1) is 15.9. The molecule has 1 rings (SSSR count). The molecule has 0 saturated heterocycles. The van der Waals surface area contributed by atoms with Gasteiger partial charge in [-0.1, -0.05) is 31.2 Å². The van der Waals surface area contributed by atoms with Gasteiger partial charge in [0, 0.05) is 19.7 Å². The van der Waals surface area contributed by atoms with Crippen LogP contribution < -0.4 is 5.32 Å². The number of nitrogens with one attached hydrogen (secondary N) is 1. The lowest BCUT2D eigenvalue weighted by Crippen LogP contribution is -2.35. The predicted molar refractivity (Wildman–Crippen MR) is 78.1 cm³/mol. The molecule has 2 N–H and O–H groups in total. The summed E-state index contributed by atoms with van der Waals surface area (Å²) in [6.45, 7) is 3.65. The summed E-state index contributed by atoms with van der Waals surface area (Å²) in [5, 5.41) is 11.3. The highest BCUT2D eigenvalue weighted by atomic mass is 16.4. The summed E-state index contributed by atoms with van der Waals surface area (Å²) in [5.41, 5.74) is 1.85. The standard InChI is InChI=1S/C15H20N2O3/c1-3-17(11-14(18)16-2)10-13-7-5-4-6-12(13)8-9-15(19)20/h4-9H,3,10-11H2,1-2H3,(H,16,18)(H,19,20). The maximum absolute atomic E-state index is 11.4. The van der Waals surface area contributed by atoms with E-state index in [2.05, 4.69) is 5.32 Å². The molecule has 0 atom stereocenters. The lowest BCUT2D eigenvalue weighted by Gasteiger charge is -2.20. The van der Waals surface area contributed by atoms with Gasteiger partial charge in [0.15, 0.2) is 0 Å². The molecular weight excluding hydrogens is 256 g/mol. The van der Waals surface area contributed by atoms with Crippen molar-refractivity contribution in [3.05, 3.63) is 41.5 Å². The summed E-state index contributed by atoms with van der Waals surface area (Å²) in [4.78, 5) is 24.0. The molecule has 0 aliphatic heterocycles. The number of carbonyl (C=O) groups excluding carboxylic acids is 1. The van der Waals surface area contributed by atoms with Gasteiger partial charge in [0.2, 0.25) is 5.91 Å². The van der Waals surface area contributed by atoms with Crippen molar-refractivity contribution in [1.82, 2.24) is 10.2 Å². The molecule has 20 heavy (non-hydrogen) atoms. The molecule has 5 nitrogen and oxygen atoms in total. The molecule has 0 aromatic heterocycles. The third-order valence-corrected chi connectivity index (χ3v) is 2.95. The lowest BCUT2D eigenvalue weighted by molar-refractivity contribution is -0.131. The van der Waals surface area contributed by atoms with E-state index < -0.39 is 5.97 Å². The molecular formula is C15H20N2O3. The highest BCUT2D eigenvalue weighted by Gasteiger charge is 2.09. The summed E-state index contributed by atoms with van der Waals surface area (Å²) < 4.78 is 0. The molecule has 0 fully saturated rings. The van der Waals surface area contributed by atoms with E-state index in [1.165, 1.54) is 0 Å². The minimum absolute atomic E-state index is 0.0367. The van der Waals surface area contributed by atoms with E-state index in [0.29, 0.717) is 13.1 Å². The maximum atomic E-state index is 11.4. The smallest absolute Gasteiger partial charge is 0.328 e. The normalized spacial score (nSPS) is 10.9. The molecule has 108 valence electrons. The van der Waals surface area contributed by atoms with Gasteiger partial charge >= 0.3 is 5.97 Å². The number of carbonyl (C=O) groups is 2. The Hall–Kier alpha value is -2.14. The number of hydrogen-bond donors (Lipinski definition) is 2. The van der Waals surface area contributed by atoms with Crippen molar-refractivity contribution in [3.63, 3.8) is 0 Å². The average Bonchev–Trinajstić information content (AvgIpc) is 2.45. The monoisotopic (exact) mass is 276 g/mol. The molecule has 0 saturated carbocycles. The van der Waals surface area contributed by atoms with Crippen molar-refractivity contribution < 1.29 is 14.7 Å². The lowest BCUT2D eigenvalue weighted by atomic mass is 10.1. The Bertz CT molecular complexity index is 498. The van der Waals surface area contributed by atoms with Crippen molar-refractivity contribution in [2.24, 2.45) is 0 Å². The van der Waals surface area contributed by atoms with E-state index >= 15 is 0 Å². The molecule has 1 aromatic carbocycles. The van der Waals surface area contributed by atoms with E-state index in [4.69, 9.17) is 5.11 Å². The topological polar surface area (TPSA) is 69.6 Å². The van der Waals surface area contributed by atoms with Crippen LogP contribution in [0.1, 0.15) is 18.1 Å². The molecule has 0 aliphatic carbocycles. The first-order chi connectivity index (χ1) is 9.56. The largest absolute Gasteiger partial charge is 0.478 e. The average molecular weight is 276 g/mol. The molecule has 5 heteroatoms. The Balaban J connectivity index is 2.84. The van der Waals surface area contributed by atoms with Gasteiger partial charge in [-0.05, 0) is 23.7 Å². The molecule has 0 radical (unpaired) electrons. The van der Waals surface area contributed by atoms with Gasteiger partial charge in [0.25, 0.3) is 0 Å². The van der Waals surface area contributed by atoms with Crippen LogP contribution in [0.2, 0.25) is 0 Å². The zero-order valence-corrected chi connectivity index (χ0v) is 11.8. The highest BCUT2D eigenvalue weighted by molar-refractivity contribution is 5.85. The number of aliphatic carboxylic acids is 1. The SMILES string of the molecule is CCN(CC(=O)NC)Cc1ccccc1C=CC(=O)O. The first-order valence-corrected chi connectivity index (χ1v) is 6.48. The number of rotatable bonds is 7. The van der Waals surface area contributed by atoms with Gasteiger partial charge < -0.3 is 10.4 Å². The molecule has 0 bridgehead atoms. The van der Waals surface area contributed by atoms with Crippen molar-refractivity contribution in [1.29, 1.82) is 0 Å². The van der Waals surface area contributed by atoms with E-state index in [0.717, 1.165) is 23.7 Å². The fourth-order valence-electron chi connectivity index (χ4n) is 1.80. The first-order valence-electron chi connectivity index (χ1n) is 6.48. The second kappa shape index (κ2) is 8.12. The summed E-state index contributed by atoms with van der Waals surface area (Å²) in [7, 11) is 1.61. The van der Waals surface area contributed by atoms with Crippen LogP contribution in [-0.2, 0) is 16.1 Å². The summed E-state index contributed by atoms with van der Waals surface area (Å²) in [5.74, 6) is -1.01. The number of benzene rings is 1. The van der Waals surface area contributed by atoms with E-state index in [1.54, 1.807) is 13.1 Å². The van der Waals surface area contributed by atoms with Crippen LogP contribution >= 0.6 is 0 Å². The second-order valence-electron chi connectivity index (χ2n) is 4.35. The van der Waals surface area contributed by atoms with Crippen LogP contribution in [0.25, 0.3) is 6.08 Å². The third-order valence-electron chi connectivity index (χ3n) is 2.95. The Morgan fingerprint density at radius 3 is 2.65 bits per heavy atom. The predicted octanol–water partition coefficient (Wildman–Crippen LogP) is 1.35. The van der Waals surface area contributed by atoms with Crippen LogP contribution in [0.15, 0.2) is 30.3 Å². The number of amides is 1. The van der Waals surface area contributed by atoms with Gasteiger partial charge in [-0.25, -0.2) is 4.79 Å². The number of carboxylic acids is 1. The van der Waals surface area contributed by atoms with Crippen LogP contribution in [0.3, 0.4) is 0 Å². The van der Waals surface area contributed by atoms with Crippen molar-refractivity contribution in [2.75, 3.05) is 20.1 Å². The van der Waals surface area contributed by atoms with Crippen LogP contribution in [0.5, 0.6) is 0 Å². The highest BCUT2D eigenvalue weighted by Crippen LogP contribution is 2.13. The molecule has 0 spiro atoms. The van der Waals surface area contributed by atoms with E-state index in [-0.39, 0.29) is 5.91 Å². The quantitative estimate of drug-likeness (QED) is 0.738. The molecule has 1 aromatic rings. The van der Waals surface area contributed by atoms with Gasteiger partial charge in [-0.2, -0.15) is 0 Å². The number of carboxylic acid groups (broad SMARTS) is 1. The van der Waals surface area contributed by atoms with Crippen LogP contribution in [-0.4, -0.2) is 42.0 Å². The molecule has 0 heterocycles. The minimum Gasteiger partial charge on any atom is -0.478 e. The van der Waals surface area contributed by atoms with Gasteiger partial charge in [0.1, 0.15) is 0 Å². The Kier molecular flexibility index (Phi) is 6.46. The fourth-order valence-corrected chi connectivity index (χ4v) is 1.80. The Morgan fingerprint density at radius 1 is 1.35 bits per heavy atom. The van der Waals surface area contributed by atoms with Crippen molar-refractivity contribution >= 4 is 18.0 Å². The second-order valence-corrected chi connectivity index (χ2v) is 4.35. The van der Waals surface area contributed by atoms with Crippen LogP contribution in [0, 0.1) is 0 Å². The number of likely N-dealkylation sites (N-methyl/N-ethyl adjacent to an activating group) is 2. The van der Waals surface area contributed by atoms with E-state index in [9.17, 15) is 9.59 Å². The summed E-state index contributed by atoms with van der Waals surface area (Å²) in [6, 6.07) is 7.57. The summed E-state index contributed by atoms with van der Waals surface area (Å²) in [6.07, 6.45) is 2.69. The number of nitrogens with zero attached hydrogens (tertiary/aromatic N) is 1. The molecule has 1 amide bonds. The number of hydrogen-bond acceptors (Lipinski definition) is 3. The zero-order valence-electron chi connectivity index (χ0n) is 11.8. The van der Waals surface area contributed by atoms with Gasteiger partial charge in [0.05, 0.1) is 6.54 Å². The molecule has 0 unspecified atom stereocenters. The maximum Gasteiger partial charge on any atom is 0.328 e. The zero-order chi connectivity index (χ0) is 15.0. The van der Waals surface area contributed by atoms with Crippen molar-refractivity contribution in [2.45, 2.75) is 13.5 Å². The minimum atomic E-state index is -0.975. The van der Waals surface area contributed by atoms with Gasteiger partial charge in [-0.15, -0.1) is 0 Å². The Labute approximate surface area is 118 Å². The van der Waals surface area contributed by atoms with E-state index in [1.807, 2.05) is 36.1 Å². The fraction of sp³-hybridized carbons (Fsp3) is 0.333. The van der Waals surface area contributed by atoms with Crippen LogP contribution in [0.4, 0.5) is 0 Å².